The quantitative estimate of drug-likeness (QED) is 0.632. The van der Waals surface area contributed by atoms with Crippen LogP contribution in [0.5, 0.6) is 0 Å². The Morgan fingerprint density at radius 2 is 1.85 bits per heavy atom. The molecule has 0 radical (unpaired) electrons. The summed E-state index contributed by atoms with van der Waals surface area (Å²) in [6, 6.07) is 0. The van der Waals surface area contributed by atoms with Crippen LogP contribution in [0.4, 0.5) is 0 Å². The largest absolute Gasteiger partial charge is 0.390 e. The van der Waals surface area contributed by atoms with Gasteiger partial charge in [0.25, 0.3) is 0 Å². The standard InChI is InChI=1S/C9H18O4/c1-5-6(2)13-7(4-12-3)9(11)8(5)10/h5-11H,4H2,1-3H3/t5-,6-,7?,8?,9+/m1/s1. The molecule has 4 nitrogen and oxygen atoms in total. The molecule has 78 valence electrons. The number of ether oxygens (including phenoxy) is 2. The second kappa shape index (κ2) is 4.37. The maximum Gasteiger partial charge on any atom is 0.110 e. The van der Waals surface area contributed by atoms with Gasteiger partial charge in [0, 0.05) is 13.0 Å². The van der Waals surface area contributed by atoms with Crippen LogP contribution in [0.2, 0.25) is 0 Å². The van der Waals surface area contributed by atoms with E-state index in [0.717, 1.165) is 0 Å². The molecule has 0 aromatic heterocycles. The van der Waals surface area contributed by atoms with E-state index in [1.165, 1.54) is 0 Å². The first-order valence-corrected chi connectivity index (χ1v) is 4.58. The highest BCUT2D eigenvalue weighted by Gasteiger charge is 2.39. The van der Waals surface area contributed by atoms with Crippen molar-refractivity contribution in [2.45, 2.75) is 38.3 Å². The van der Waals surface area contributed by atoms with Gasteiger partial charge in [0.15, 0.2) is 0 Å². The number of aliphatic hydroxyl groups excluding tert-OH is 2. The predicted octanol–water partition coefficient (Wildman–Crippen LogP) is -0.222. The number of aliphatic hydroxyl groups is 2. The summed E-state index contributed by atoms with van der Waals surface area (Å²) in [7, 11) is 1.55. The third kappa shape index (κ3) is 2.20. The minimum atomic E-state index is -0.842. The van der Waals surface area contributed by atoms with Gasteiger partial charge in [0.2, 0.25) is 0 Å². The van der Waals surface area contributed by atoms with E-state index < -0.39 is 18.3 Å². The van der Waals surface area contributed by atoms with Crippen LogP contribution in [0.15, 0.2) is 0 Å². The van der Waals surface area contributed by atoms with Gasteiger partial charge >= 0.3 is 0 Å². The number of methoxy groups -OCH3 is 1. The van der Waals surface area contributed by atoms with Crippen molar-refractivity contribution in [3.8, 4) is 0 Å². The molecule has 4 heteroatoms. The number of hydrogen-bond acceptors (Lipinski definition) is 4. The zero-order chi connectivity index (χ0) is 10.0. The molecule has 13 heavy (non-hydrogen) atoms. The molecule has 0 bridgehead atoms. The molecule has 1 saturated heterocycles. The Kier molecular flexibility index (Phi) is 3.67. The van der Waals surface area contributed by atoms with Crippen LogP contribution in [0, 0.1) is 5.92 Å². The fourth-order valence-corrected chi connectivity index (χ4v) is 1.59. The zero-order valence-electron chi connectivity index (χ0n) is 8.30. The van der Waals surface area contributed by atoms with Crippen molar-refractivity contribution in [1.82, 2.24) is 0 Å². The van der Waals surface area contributed by atoms with E-state index in [9.17, 15) is 10.2 Å². The molecule has 0 saturated carbocycles. The Labute approximate surface area is 78.5 Å². The molecule has 2 unspecified atom stereocenters. The number of hydrogen-bond donors (Lipinski definition) is 2. The Bertz CT molecular complexity index is 162. The van der Waals surface area contributed by atoms with Crippen molar-refractivity contribution in [2.75, 3.05) is 13.7 Å². The van der Waals surface area contributed by atoms with Gasteiger partial charge in [-0.1, -0.05) is 6.92 Å². The topological polar surface area (TPSA) is 58.9 Å². The molecule has 0 amide bonds. The van der Waals surface area contributed by atoms with Crippen molar-refractivity contribution < 1.29 is 19.7 Å². The summed E-state index contributed by atoms with van der Waals surface area (Å²) in [5.41, 5.74) is 0. The molecule has 1 heterocycles. The molecule has 2 N–H and O–H groups in total. The second-order valence-corrected chi connectivity index (χ2v) is 3.68. The minimum Gasteiger partial charge on any atom is -0.390 e. The molecule has 0 aliphatic carbocycles. The highest BCUT2D eigenvalue weighted by Crippen LogP contribution is 2.25. The van der Waals surface area contributed by atoms with Crippen molar-refractivity contribution in [3.63, 3.8) is 0 Å². The summed E-state index contributed by atoms with van der Waals surface area (Å²) in [5.74, 6) is -0.0388. The fraction of sp³-hybridized carbons (Fsp3) is 1.00. The van der Waals surface area contributed by atoms with Gasteiger partial charge in [0.1, 0.15) is 12.2 Å². The van der Waals surface area contributed by atoms with Gasteiger partial charge in [-0.25, -0.2) is 0 Å². The highest BCUT2D eigenvalue weighted by molar-refractivity contribution is 4.88. The average molecular weight is 190 g/mol. The first-order chi connectivity index (χ1) is 6.07. The Hall–Kier alpha value is -0.160. The minimum absolute atomic E-state index is 0.0388. The van der Waals surface area contributed by atoms with E-state index in [2.05, 4.69) is 0 Å². The third-order valence-corrected chi connectivity index (χ3v) is 2.73. The molecule has 0 aromatic carbocycles. The van der Waals surface area contributed by atoms with E-state index in [-0.39, 0.29) is 12.0 Å². The summed E-state index contributed by atoms with van der Waals surface area (Å²) in [5, 5.41) is 19.2. The molecule has 5 atom stereocenters. The van der Waals surface area contributed by atoms with Gasteiger partial charge in [-0.15, -0.1) is 0 Å². The van der Waals surface area contributed by atoms with Gasteiger partial charge in [-0.2, -0.15) is 0 Å². The first-order valence-electron chi connectivity index (χ1n) is 4.58. The normalized spacial score (nSPS) is 46.4. The van der Waals surface area contributed by atoms with Crippen LogP contribution in [0.1, 0.15) is 13.8 Å². The fourth-order valence-electron chi connectivity index (χ4n) is 1.59. The van der Waals surface area contributed by atoms with E-state index >= 15 is 0 Å². The summed E-state index contributed by atoms with van der Waals surface area (Å²) in [6.07, 6.45) is -2.01. The van der Waals surface area contributed by atoms with Gasteiger partial charge < -0.3 is 19.7 Å². The lowest BCUT2D eigenvalue weighted by atomic mass is 9.89. The zero-order valence-corrected chi connectivity index (χ0v) is 8.30. The molecular weight excluding hydrogens is 172 g/mol. The second-order valence-electron chi connectivity index (χ2n) is 3.68. The highest BCUT2D eigenvalue weighted by atomic mass is 16.5. The molecule has 0 spiro atoms. The summed E-state index contributed by atoms with van der Waals surface area (Å²) < 4.78 is 10.4. The van der Waals surface area contributed by atoms with E-state index in [4.69, 9.17) is 9.47 Å². The molecule has 1 rings (SSSR count). The monoisotopic (exact) mass is 190 g/mol. The van der Waals surface area contributed by atoms with E-state index in [0.29, 0.717) is 6.61 Å². The molecule has 0 aromatic rings. The van der Waals surface area contributed by atoms with Crippen LogP contribution < -0.4 is 0 Å². The molecule has 1 aliphatic rings. The lowest BCUT2D eigenvalue weighted by molar-refractivity contribution is -0.202. The smallest absolute Gasteiger partial charge is 0.110 e. The molecule has 1 aliphatic heterocycles. The third-order valence-electron chi connectivity index (χ3n) is 2.73. The number of rotatable bonds is 2. The van der Waals surface area contributed by atoms with Gasteiger partial charge in [-0.05, 0) is 6.92 Å². The molecule has 1 fully saturated rings. The van der Waals surface area contributed by atoms with Gasteiger partial charge in [0.05, 0.1) is 18.8 Å². The average Bonchev–Trinajstić information content (AvgIpc) is 2.11. The van der Waals surface area contributed by atoms with Crippen LogP contribution >= 0.6 is 0 Å². The Balaban J connectivity index is 2.59. The maximum absolute atomic E-state index is 9.63. The predicted molar refractivity (Wildman–Crippen MR) is 47.4 cm³/mol. The lowest BCUT2D eigenvalue weighted by Crippen LogP contribution is -2.54. The van der Waals surface area contributed by atoms with Crippen molar-refractivity contribution in [2.24, 2.45) is 5.92 Å². The SMILES string of the molecule is COCC1O[C@H](C)[C@@H](C)C(O)[C@H]1O. The van der Waals surface area contributed by atoms with E-state index in [1.807, 2.05) is 13.8 Å². The Morgan fingerprint density at radius 3 is 2.38 bits per heavy atom. The summed E-state index contributed by atoms with van der Waals surface area (Å²) in [4.78, 5) is 0. The van der Waals surface area contributed by atoms with Crippen LogP contribution in [-0.2, 0) is 9.47 Å². The van der Waals surface area contributed by atoms with Crippen molar-refractivity contribution >= 4 is 0 Å². The lowest BCUT2D eigenvalue weighted by Gasteiger charge is -2.40. The Morgan fingerprint density at radius 1 is 1.23 bits per heavy atom. The van der Waals surface area contributed by atoms with Crippen molar-refractivity contribution in [1.29, 1.82) is 0 Å². The summed E-state index contributed by atoms with van der Waals surface area (Å²) >= 11 is 0. The van der Waals surface area contributed by atoms with Crippen LogP contribution in [0.25, 0.3) is 0 Å². The molecular formula is C9H18O4. The summed E-state index contributed by atoms with van der Waals surface area (Å²) in [6.45, 7) is 4.07. The maximum atomic E-state index is 9.63. The van der Waals surface area contributed by atoms with Crippen LogP contribution in [-0.4, -0.2) is 48.3 Å². The van der Waals surface area contributed by atoms with Crippen LogP contribution in [0.3, 0.4) is 0 Å². The first kappa shape index (κ1) is 10.9. The van der Waals surface area contributed by atoms with Gasteiger partial charge in [-0.3, -0.25) is 0 Å². The van der Waals surface area contributed by atoms with E-state index in [1.54, 1.807) is 7.11 Å². The van der Waals surface area contributed by atoms with Crippen molar-refractivity contribution in [3.05, 3.63) is 0 Å².